The Morgan fingerprint density at radius 3 is 2.44 bits per heavy atom. The molecular formula is C23H18F3N3O4S. The first-order chi connectivity index (χ1) is 15.8. The van der Waals surface area contributed by atoms with Crippen LogP contribution in [0.15, 0.2) is 24.4 Å². The van der Waals surface area contributed by atoms with E-state index in [-0.39, 0.29) is 58.0 Å². The number of aromatic nitrogens is 2. The van der Waals surface area contributed by atoms with Gasteiger partial charge in [-0.1, -0.05) is 13.8 Å². The summed E-state index contributed by atoms with van der Waals surface area (Å²) in [6.07, 6.45) is -3.39. The monoisotopic (exact) mass is 489 g/mol. The maximum atomic E-state index is 13.4. The van der Waals surface area contributed by atoms with Crippen molar-refractivity contribution in [3.63, 3.8) is 0 Å². The molecule has 34 heavy (non-hydrogen) atoms. The van der Waals surface area contributed by atoms with Gasteiger partial charge in [-0.05, 0) is 36.1 Å². The molecule has 1 aliphatic heterocycles. The molecule has 1 aliphatic carbocycles. The van der Waals surface area contributed by atoms with Gasteiger partial charge in [-0.2, -0.15) is 13.2 Å². The molecule has 4 heterocycles. The number of pyridine rings is 2. The van der Waals surface area contributed by atoms with E-state index in [0.29, 0.717) is 21.2 Å². The molecule has 1 saturated heterocycles. The molecule has 0 radical (unpaired) electrons. The average molecular weight is 489 g/mol. The first kappa shape index (κ1) is 22.5. The molecular weight excluding hydrogens is 471 g/mol. The zero-order valence-electron chi connectivity index (χ0n) is 18.2. The second-order valence-corrected chi connectivity index (χ2v) is 10.3. The van der Waals surface area contributed by atoms with E-state index in [1.54, 1.807) is 6.07 Å². The molecule has 2 atom stereocenters. The van der Waals surface area contributed by atoms with E-state index in [1.165, 1.54) is 24.1 Å². The fraction of sp³-hybridized carbons (Fsp3) is 0.348. The van der Waals surface area contributed by atoms with Crippen molar-refractivity contribution in [1.82, 2.24) is 14.9 Å². The SMILES string of the molecule is Cc1cc(C(F)(F)F)nc(-c2ccnc3cc(CN4C(=O)C5C(C4=O)C5(C)C)sc23)c1C(=O)O. The summed E-state index contributed by atoms with van der Waals surface area (Å²) in [5.74, 6) is -2.49. The summed E-state index contributed by atoms with van der Waals surface area (Å²) in [4.78, 5) is 47.0. The summed E-state index contributed by atoms with van der Waals surface area (Å²) in [6.45, 7) is 5.09. The number of rotatable bonds is 4. The number of thiophene rings is 1. The maximum Gasteiger partial charge on any atom is 0.433 e. The maximum absolute atomic E-state index is 13.4. The van der Waals surface area contributed by atoms with E-state index in [2.05, 4.69) is 9.97 Å². The topological polar surface area (TPSA) is 100 Å². The largest absolute Gasteiger partial charge is 0.478 e. The van der Waals surface area contributed by atoms with Gasteiger partial charge in [0.25, 0.3) is 0 Å². The molecule has 2 fully saturated rings. The number of carbonyl (C=O) groups is 3. The lowest BCUT2D eigenvalue weighted by molar-refractivity contribution is -0.144. The van der Waals surface area contributed by atoms with Crippen LogP contribution in [0.5, 0.6) is 0 Å². The molecule has 176 valence electrons. The van der Waals surface area contributed by atoms with Crippen molar-refractivity contribution in [3.05, 3.63) is 46.1 Å². The minimum absolute atomic E-state index is 0.0298. The number of piperidine rings is 1. The lowest BCUT2D eigenvalue weighted by Gasteiger charge is -2.19. The highest BCUT2D eigenvalue weighted by molar-refractivity contribution is 7.19. The third kappa shape index (κ3) is 3.21. The van der Waals surface area contributed by atoms with Gasteiger partial charge in [0.05, 0.1) is 39.9 Å². The molecule has 2 aliphatic rings. The summed E-state index contributed by atoms with van der Waals surface area (Å²) in [6, 6.07) is 3.78. The highest BCUT2D eigenvalue weighted by atomic mass is 32.1. The number of carboxylic acid groups (broad SMARTS) is 1. The Morgan fingerprint density at radius 2 is 1.85 bits per heavy atom. The number of hydrogen-bond donors (Lipinski definition) is 1. The van der Waals surface area contributed by atoms with Crippen molar-refractivity contribution < 1.29 is 32.7 Å². The van der Waals surface area contributed by atoms with Crippen LogP contribution in [0.2, 0.25) is 0 Å². The molecule has 11 heteroatoms. The minimum Gasteiger partial charge on any atom is -0.478 e. The predicted octanol–water partition coefficient (Wildman–Crippen LogP) is 4.52. The highest BCUT2D eigenvalue weighted by Crippen LogP contribution is 2.63. The highest BCUT2D eigenvalue weighted by Gasteiger charge is 2.72. The molecule has 3 aromatic rings. The van der Waals surface area contributed by atoms with Gasteiger partial charge >= 0.3 is 12.1 Å². The Hall–Kier alpha value is -3.34. The Morgan fingerprint density at radius 1 is 1.21 bits per heavy atom. The van der Waals surface area contributed by atoms with Crippen molar-refractivity contribution in [3.8, 4) is 11.3 Å². The van der Waals surface area contributed by atoms with E-state index in [4.69, 9.17) is 0 Å². The summed E-state index contributed by atoms with van der Waals surface area (Å²) in [7, 11) is 0. The fourth-order valence-electron chi connectivity index (χ4n) is 4.85. The summed E-state index contributed by atoms with van der Waals surface area (Å²) in [5.41, 5.74) is -1.63. The lowest BCUT2D eigenvalue weighted by atomic mass is 10.0. The van der Waals surface area contributed by atoms with E-state index in [1.807, 2.05) is 13.8 Å². The fourth-order valence-corrected chi connectivity index (χ4v) is 5.97. The smallest absolute Gasteiger partial charge is 0.433 e. The quantitative estimate of drug-likeness (QED) is 0.541. The van der Waals surface area contributed by atoms with E-state index >= 15 is 0 Å². The van der Waals surface area contributed by atoms with Gasteiger partial charge in [-0.25, -0.2) is 9.78 Å². The van der Waals surface area contributed by atoms with Gasteiger partial charge in [0, 0.05) is 16.6 Å². The van der Waals surface area contributed by atoms with Crippen LogP contribution in [-0.2, 0) is 22.3 Å². The van der Waals surface area contributed by atoms with Crippen LogP contribution >= 0.6 is 11.3 Å². The van der Waals surface area contributed by atoms with Gasteiger partial charge < -0.3 is 5.11 Å². The third-order valence-corrected chi connectivity index (χ3v) is 7.79. The molecule has 3 aromatic heterocycles. The average Bonchev–Trinajstić information content (AvgIpc) is 2.99. The third-order valence-electron chi connectivity index (χ3n) is 6.64. The van der Waals surface area contributed by atoms with Gasteiger partial charge in [-0.3, -0.25) is 19.5 Å². The van der Waals surface area contributed by atoms with E-state index in [9.17, 15) is 32.7 Å². The minimum atomic E-state index is -4.76. The summed E-state index contributed by atoms with van der Waals surface area (Å²) < 4.78 is 40.7. The van der Waals surface area contributed by atoms with Gasteiger partial charge in [0.2, 0.25) is 11.8 Å². The van der Waals surface area contributed by atoms with Gasteiger partial charge in [0.1, 0.15) is 5.69 Å². The summed E-state index contributed by atoms with van der Waals surface area (Å²) in [5, 5.41) is 9.68. The van der Waals surface area contributed by atoms with Gasteiger partial charge in [0.15, 0.2) is 0 Å². The molecule has 0 bridgehead atoms. The van der Waals surface area contributed by atoms with Crippen molar-refractivity contribution in [1.29, 1.82) is 0 Å². The second kappa shape index (κ2) is 7.08. The number of aryl methyl sites for hydroxylation is 1. The number of aromatic carboxylic acids is 1. The molecule has 0 aromatic carbocycles. The number of amides is 2. The van der Waals surface area contributed by atoms with Crippen LogP contribution in [0.3, 0.4) is 0 Å². The number of nitrogens with zero attached hydrogens (tertiary/aromatic N) is 3. The first-order valence-corrected chi connectivity index (χ1v) is 11.2. The number of alkyl halides is 3. The van der Waals surface area contributed by atoms with Crippen molar-refractivity contribution >= 4 is 39.3 Å². The van der Waals surface area contributed by atoms with Gasteiger partial charge in [-0.15, -0.1) is 11.3 Å². The molecule has 2 amide bonds. The number of likely N-dealkylation sites (tertiary alicyclic amines) is 1. The van der Waals surface area contributed by atoms with E-state index in [0.717, 1.165) is 11.3 Å². The van der Waals surface area contributed by atoms with Crippen molar-refractivity contribution in [2.75, 3.05) is 0 Å². The molecule has 5 rings (SSSR count). The van der Waals surface area contributed by atoms with Crippen molar-refractivity contribution in [2.24, 2.45) is 17.3 Å². The molecule has 0 spiro atoms. The zero-order valence-corrected chi connectivity index (χ0v) is 19.0. The Bertz CT molecular complexity index is 1390. The number of hydrogen-bond acceptors (Lipinski definition) is 6. The number of carboxylic acids is 1. The van der Waals surface area contributed by atoms with Crippen molar-refractivity contribution in [2.45, 2.75) is 33.5 Å². The summed E-state index contributed by atoms with van der Waals surface area (Å²) >= 11 is 1.14. The van der Waals surface area contributed by atoms with Crippen LogP contribution in [-0.4, -0.2) is 37.8 Å². The molecule has 2 unspecified atom stereocenters. The Kier molecular flexibility index (Phi) is 4.68. The number of halogens is 3. The molecule has 7 nitrogen and oxygen atoms in total. The standard InChI is InChI=1S/C23H18F3N3O4S/c1-9-6-13(23(24,25)26)28-17(14(9)21(32)33)11-4-5-27-12-7-10(34-18(11)12)8-29-19(30)15-16(20(29)31)22(15,2)3/h4-7,15-16H,8H2,1-3H3,(H,32,33). The number of imide groups is 1. The molecule has 1 N–H and O–H groups in total. The Balaban J connectivity index is 1.58. The number of carbonyl (C=O) groups excluding carboxylic acids is 2. The zero-order chi connectivity index (χ0) is 24.7. The van der Waals surface area contributed by atoms with Crippen LogP contribution in [0.1, 0.15) is 40.3 Å². The van der Waals surface area contributed by atoms with E-state index < -0.39 is 17.8 Å². The van der Waals surface area contributed by atoms with Crippen LogP contribution in [0.25, 0.3) is 21.5 Å². The predicted molar refractivity (Wildman–Crippen MR) is 116 cm³/mol. The van der Waals surface area contributed by atoms with Crippen LogP contribution in [0, 0.1) is 24.2 Å². The van der Waals surface area contributed by atoms with Crippen LogP contribution in [0.4, 0.5) is 13.2 Å². The normalized spacial score (nSPS) is 21.3. The van der Waals surface area contributed by atoms with Crippen LogP contribution < -0.4 is 0 Å². The second-order valence-electron chi connectivity index (χ2n) is 9.18. The number of fused-ring (bicyclic) bond motifs is 2. The lowest BCUT2D eigenvalue weighted by Crippen LogP contribution is -2.35. The first-order valence-electron chi connectivity index (χ1n) is 10.4. The molecule has 1 saturated carbocycles. The Labute approximate surface area is 195 Å².